The molecule has 4 aromatic carbocycles. The molecule has 0 aromatic heterocycles. The fourth-order valence-electron chi connectivity index (χ4n) is 7.62. The number of nitro benzene ring substituents is 1. The topological polar surface area (TPSA) is 172 Å². The lowest BCUT2D eigenvalue weighted by molar-refractivity contribution is -0.384. The molecule has 0 radical (unpaired) electrons. The van der Waals surface area contributed by atoms with Crippen LogP contribution < -0.4 is 43.2 Å². The molecule has 1 fully saturated rings. The first kappa shape index (κ1) is 36.7. The van der Waals surface area contributed by atoms with Crippen molar-refractivity contribution in [1.29, 1.82) is 0 Å². The van der Waals surface area contributed by atoms with E-state index in [-0.39, 0.29) is 24.7 Å². The first-order valence-electron chi connectivity index (χ1n) is 17.1. The highest BCUT2D eigenvalue weighted by Gasteiger charge is 2.53. The number of non-ortho nitro benzene ring substituents is 1. The maximum atomic E-state index is 14.8. The van der Waals surface area contributed by atoms with Crippen LogP contribution in [-0.4, -0.2) is 72.9 Å². The molecule has 2 aliphatic heterocycles. The summed E-state index contributed by atoms with van der Waals surface area (Å²) in [7, 11) is 8.94. The van der Waals surface area contributed by atoms with Crippen LogP contribution in [0.15, 0.2) is 60.7 Å². The van der Waals surface area contributed by atoms with E-state index in [9.17, 15) is 19.7 Å². The normalized spacial score (nSPS) is 19.4. The van der Waals surface area contributed by atoms with Crippen molar-refractivity contribution in [3.8, 4) is 46.0 Å². The Morgan fingerprint density at radius 1 is 0.764 bits per heavy atom. The summed E-state index contributed by atoms with van der Waals surface area (Å²) < 4.78 is 51.0. The van der Waals surface area contributed by atoms with Gasteiger partial charge in [0.2, 0.25) is 18.3 Å². The summed E-state index contributed by atoms with van der Waals surface area (Å²) in [4.78, 5) is 39.5. The molecular weight excluding hydrogens is 716 g/mol. The van der Waals surface area contributed by atoms with Crippen molar-refractivity contribution >= 4 is 29.2 Å². The molecule has 3 aliphatic rings. The van der Waals surface area contributed by atoms with E-state index in [4.69, 9.17) is 42.6 Å². The van der Waals surface area contributed by atoms with Crippen molar-refractivity contribution in [2.75, 3.05) is 56.1 Å². The number of nitrogens with zero attached hydrogens (tertiary/aromatic N) is 1. The van der Waals surface area contributed by atoms with Gasteiger partial charge in [-0.15, -0.1) is 0 Å². The van der Waals surface area contributed by atoms with E-state index in [1.807, 2.05) is 12.1 Å². The number of fused-ring (bicyclic) bond motifs is 3. The van der Waals surface area contributed by atoms with E-state index < -0.39 is 40.6 Å². The van der Waals surface area contributed by atoms with E-state index in [0.29, 0.717) is 73.8 Å². The number of amides is 1. The molecule has 0 saturated carbocycles. The molecule has 286 valence electrons. The van der Waals surface area contributed by atoms with Gasteiger partial charge in [-0.05, 0) is 82.4 Å². The van der Waals surface area contributed by atoms with Gasteiger partial charge in [-0.2, -0.15) is 0 Å². The first-order valence-corrected chi connectivity index (χ1v) is 17.1. The fourth-order valence-corrected chi connectivity index (χ4v) is 7.62. The van der Waals surface area contributed by atoms with Gasteiger partial charge >= 0.3 is 5.97 Å². The Kier molecular flexibility index (Phi) is 10.0. The van der Waals surface area contributed by atoms with Crippen LogP contribution in [0.5, 0.6) is 46.0 Å². The minimum atomic E-state index is -0.756. The lowest BCUT2D eigenvalue weighted by Gasteiger charge is -2.39. The van der Waals surface area contributed by atoms with Crippen molar-refractivity contribution in [3.05, 3.63) is 98.6 Å². The molecule has 1 aliphatic carbocycles. The largest absolute Gasteiger partial charge is 0.493 e. The zero-order valence-electron chi connectivity index (χ0n) is 30.8. The van der Waals surface area contributed by atoms with Gasteiger partial charge in [0, 0.05) is 29.5 Å². The Hall–Kier alpha value is -6.64. The van der Waals surface area contributed by atoms with Crippen LogP contribution in [0.25, 0.3) is 11.6 Å². The molecule has 1 saturated heterocycles. The zero-order valence-corrected chi connectivity index (χ0v) is 30.8. The standard InChI is InChI=1S/C40H38N2O13/c1-47-30-12-21(13-31(48-2)37(30)51-5)24(11-20-7-9-23(10-8-20)42(45)46)39(43)41-36-26-17-29-28(54-19-55-29)16-25(26)34(35-27(36)18-53-40(35)44)22-14-32(49-3)38(52-6)33(15-22)50-4/h7-17,27,34-36H,18-19H2,1-6H3,(H,41,43)/b24-11+/t27-,34+,35-,36+/m0/s1. The van der Waals surface area contributed by atoms with Crippen LogP contribution in [0.3, 0.4) is 0 Å². The molecule has 2 heterocycles. The third kappa shape index (κ3) is 6.51. The summed E-state index contributed by atoms with van der Waals surface area (Å²) in [6.07, 6.45) is 1.61. The van der Waals surface area contributed by atoms with E-state index >= 15 is 0 Å². The summed E-state index contributed by atoms with van der Waals surface area (Å²) in [6, 6.07) is 15.6. The zero-order chi connectivity index (χ0) is 39.0. The lowest BCUT2D eigenvalue weighted by Crippen LogP contribution is -2.43. The SMILES string of the molecule is COc1cc(/C(=C\c2ccc([N+](=O)[O-])cc2)C(=O)N[C@@H]2c3cc4c(cc3[C@@H](c3cc(OC)c(OC)c(OC)c3)[C@H]3C(=O)OC[C@@H]32)OCO4)cc(OC)c1OC. The number of ether oxygens (including phenoxy) is 9. The molecule has 55 heavy (non-hydrogen) atoms. The summed E-state index contributed by atoms with van der Waals surface area (Å²) in [5.74, 6) is 0.300. The minimum Gasteiger partial charge on any atom is -0.493 e. The second-order valence-corrected chi connectivity index (χ2v) is 12.9. The molecule has 1 amide bonds. The maximum Gasteiger partial charge on any atom is 0.310 e. The Morgan fingerprint density at radius 2 is 1.31 bits per heavy atom. The smallest absolute Gasteiger partial charge is 0.310 e. The highest BCUT2D eigenvalue weighted by Crippen LogP contribution is 2.56. The quantitative estimate of drug-likeness (QED) is 0.0614. The average molecular weight is 755 g/mol. The van der Waals surface area contributed by atoms with Gasteiger partial charge < -0.3 is 47.9 Å². The number of esters is 1. The number of nitrogens with one attached hydrogen (secondary N) is 1. The van der Waals surface area contributed by atoms with Gasteiger partial charge in [0.15, 0.2) is 34.5 Å². The van der Waals surface area contributed by atoms with Crippen molar-refractivity contribution in [2.24, 2.45) is 11.8 Å². The van der Waals surface area contributed by atoms with Crippen LogP contribution in [0.4, 0.5) is 5.69 Å². The molecule has 7 rings (SSSR count). The molecule has 1 N–H and O–H groups in total. The van der Waals surface area contributed by atoms with Crippen molar-refractivity contribution in [1.82, 2.24) is 5.32 Å². The predicted molar refractivity (Wildman–Crippen MR) is 196 cm³/mol. The van der Waals surface area contributed by atoms with Crippen molar-refractivity contribution in [2.45, 2.75) is 12.0 Å². The van der Waals surface area contributed by atoms with Gasteiger partial charge in [-0.25, -0.2) is 0 Å². The summed E-state index contributed by atoms with van der Waals surface area (Å²) >= 11 is 0. The third-order valence-corrected chi connectivity index (χ3v) is 10.2. The Balaban J connectivity index is 1.38. The minimum absolute atomic E-state index is 0.00224. The van der Waals surface area contributed by atoms with E-state index in [0.717, 1.165) is 0 Å². The Bertz CT molecular complexity index is 2150. The molecule has 0 bridgehead atoms. The third-order valence-electron chi connectivity index (χ3n) is 10.2. The molecule has 4 aromatic rings. The monoisotopic (exact) mass is 754 g/mol. The van der Waals surface area contributed by atoms with Crippen LogP contribution >= 0.6 is 0 Å². The van der Waals surface area contributed by atoms with Gasteiger partial charge in [-0.1, -0.05) is 0 Å². The number of nitro groups is 1. The van der Waals surface area contributed by atoms with Gasteiger partial charge in [0.25, 0.3) is 11.6 Å². The molecular formula is C40H38N2O13. The second kappa shape index (κ2) is 15.0. The van der Waals surface area contributed by atoms with Crippen LogP contribution in [0.1, 0.15) is 39.8 Å². The number of benzene rings is 4. The van der Waals surface area contributed by atoms with Crippen molar-refractivity contribution in [3.63, 3.8) is 0 Å². The number of carbonyl (C=O) groups excluding carboxylic acids is 2. The molecule has 15 heteroatoms. The maximum absolute atomic E-state index is 14.8. The van der Waals surface area contributed by atoms with Gasteiger partial charge in [-0.3, -0.25) is 19.7 Å². The lowest BCUT2D eigenvalue weighted by atomic mass is 9.65. The number of hydrogen-bond donors (Lipinski definition) is 1. The molecule has 0 spiro atoms. The number of cyclic esters (lactones) is 1. The second-order valence-electron chi connectivity index (χ2n) is 12.9. The molecule has 4 atom stereocenters. The Morgan fingerprint density at radius 3 is 1.84 bits per heavy atom. The van der Waals surface area contributed by atoms with Crippen LogP contribution in [0, 0.1) is 22.0 Å². The number of rotatable bonds is 12. The van der Waals surface area contributed by atoms with Crippen molar-refractivity contribution < 1.29 is 57.1 Å². The van der Waals surface area contributed by atoms with Gasteiger partial charge in [0.1, 0.15) is 0 Å². The Labute approximate surface area is 315 Å². The average Bonchev–Trinajstić information content (AvgIpc) is 3.83. The number of carbonyl (C=O) groups is 2. The predicted octanol–water partition coefficient (Wildman–Crippen LogP) is 5.71. The van der Waals surface area contributed by atoms with Crippen LogP contribution in [-0.2, 0) is 14.3 Å². The summed E-state index contributed by atoms with van der Waals surface area (Å²) in [5.41, 5.74) is 3.07. The first-order chi connectivity index (χ1) is 26.6. The highest BCUT2D eigenvalue weighted by atomic mass is 16.7. The summed E-state index contributed by atoms with van der Waals surface area (Å²) in [6.45, 7) is 0.0249. The van der Waals surface area contributed by atoms with Gasteiger partial charge in [0.05, 0.1) is 66.1 Å². The molecule has 0 unspecified atom stereocenters. The molecule has 15 nitrogen and oxygen atoms in total. The number of hydrogen-bond acceptors (Lipinski definition) is 13. The summed E-state index contributed by atoms with van der Waals surface area (Å²) in [5, 5.41) is 14.6. The number of methoxy groups -OCH3 is 6. The fraction of sp³-hybridized carbons (Fsp3) is 0.300. The van der Waals surface area contributed by atoms with E-state index in [2.05, 4.69) is 5.32 Å². The van der Waals surface area contributed by atoms with E-state index in [1.54, 1.807) is 42.5 Å². The van der Waals surface area contributed by atoms with Crippen LogP contribution in [0.2, 0.25) is 0 Å². The van der Waals surface area contributed by atoms with E-state index in [1.165, 1.54) is 54.8 Å². The highest BCUT2D eigenvalue weighted by molar-refractivity contribution is 6.24.